The van der Waals surface area contributed by atoms with Crippen molar-refractivity contribution in [1.82, 2.24) is 4.90 Å². The Bertz CT molecular complexity index is 616. The molecule has 0 aliphatic carbocycles. The van der Waals surface area contributed by atoms with Crippen LogP contribution in [0.2, 0.25) is 0 Å². The van der Waals surface area contributed by atoms with Gasteiger partial charge in [-0.3, -0.25) is 0 Å². The Balaban J connectivity index is 1.67. The molecule has 0 radical (unpaired) electrons. The maximum atomic E-state index is 3.68. The van der Waals surface area contributed by atoms with Gasteiger partial charge in [0.05, 0.1) is 0 Å². The molecule has 2 aromatic rings. The average Bonchev–Trinajstić information content (AvgIpc) is 3.00. The van der Waals surface area contributed by atoms with E-state index in [1.807, 2.05) is 0 Å². The first-order chi connectivity index (χ1) is 11.1. The molecular weight excluding hydrogens is 302 g/mol. The zero-order valence-electron chi connectivity index (χ0n) is 14.4. The summed E-state index contributed by atoms with van der Waals surface area (Å²) in [5.74, 6) is 0. The molecule has 1 unspecified atom stereocenters. The summed E-state index contributed by atoms with van der Waals surface area (Å²) < 4.78 is 0. The summed E-state index contributed by atoms with van der Waals surface area (Å²) in [6.45, 7) is 8.97. The molecule has 3 rings (SSSR count). The number of thiophene rings is 1. The Hall–Kier alpha value is -1.52. The third-order valence-corrected chi connectivity index (χ3v) is 5.20. The van der Waals surface area contributed by atoms with Crippen molar-refractivity contribution in [3.8, 4) is 0 Å². The number of nitrogens with one attached hydrogen (secondary N) is 1. The first kappa shape index (κ1) is 16.3. The molecule has 1 fully saturated rings. The van der Waals surface area contributed by atoms with Crippen LogP contribution < -0.4 is 10.2 Å². The van der Waals surface area contributed by atoms with Gasteiger partial charge < -0.3 is 15.1 Å². The van der Waals surface area contributed by atoms with Gasteiger partial charge in [-0.05, 0) is 73.5 Å². The van der Waals surface area contributed by atoms with E-state index in [-0.39, 0.29) is 0 Å². The molecule has 2 heterocycles. The minimum absolute atomic E-state index is 0.437. The second-order valence-corrected chi connectivity index (χ2v) is 7.51. The van der Waals surface area contributed by atoms with Crippen molar-refractivity contribution in [3.63, 3.8) is 0 Å². The van der Waals surface area contributed by atoms with E-state index in [0.29, 0.717) is 6.04 Å². The summed E-state index contributed by atoms with van der Waals surface area (Å²) in [5.41, 5.74) is 5.33. The van der Waals surface area contributed by atoms with Crippen LogP contribution in [-0.4, -0.2) is 44.2 Å². The van der Waals surface area contributed by atoms with Gasteiger partial charge >= 0.3 is 0 Å². The van der Waals surface area contributed by atoms with Gasteiger partial charge in [0.1, 0.15) is 0 Å². The highest BCUT2D eigenvalue weighted by atomic mass is 32.1. The van der Waals surface area contributed by atoms with Crippen LogP contribution in [0.1, 0.15) is 18.1 Å². The summed E-state index contributed by atoms with van der Waals surface area (Å²) in [5, 5.41) is 8.07. The third-order valence-electron chi connectivity index (χ3n) is 4.47. The second-order valence-electron chi connectivity index (χ2n) is 6.73. The van der Waals surface area contributed by atoms with Crippen LogP contribution in [0.15, 0.2) is 35.0 Å². The lowest BCUT2D eigenvalue weighted by molar-refractivity contribution is 0.313. The highest BCUT2D eigenvalue weighted by Crippen LogP contribution is 2.24. The van der Waals surface area contributed by atoms with Gasteiger partial charge in [-0.1, -0.05) is 0 Å². The Morgan fingerprint density at radius 3 is 2.65 bits per heavy atom. The summed E-state index contributed by atoms with van der Waals surface area (Å²) in [6, 6.07) is 9.52. The van der Waals surface area contributed by atoms with Gasteiger partial charge in [-0.2, -0.15) is 11.3 Å². The maximum absolute atomic E-state index is 3.68. The minimum atomic E-state index is 0.437. The highest BCUT2D eigenvalue weighted by molar-refractivity contribution is 7.07. The predicted molar refractivity (Wildman–Crippen MR) is 102 cm³/mol. The molecule has 0 amide bonds. The molecule has 124 valence electrons. The van der Waals surface area contributed by atoms with Crippen molar-refractivity contribution in [3.05, 3.63) is 46.2 Å². The van der Waals surface area contributed by atoms with Gasteiger partial charge in [0, 0.05) is 43.6 Å². The lowest BCUT2D eigenvalue weighted by atomic mass is 10.1. The van der Waals surface area contributed by atoms with Crippen molar-refractivity contribution in [2.24, 2.45) is 0 Å². The van der Waals surface area contributed by atoms with E-state index in [9.17, 15) is 0 Å². The zero-order valence-corrected chi connectivity index (χ0v) is 15.2. The fraction of sp³-hybridized carbons (Fsp3) is 0.474. The summed E-state index contributed by atoms with van der Waals surface area (Å²) >= 11 is 1.77. The van der Waals surface area contributed by atoms with Crippen molar-refractivity contribution in [2.75, 3.05) is 43.4 Å². The topological polar surface area (TPSA) is 18.5 Å². The van der Waals surface area contributed by atoms with E-state index in [2.05, 4.69) is 71.0 Å². The highest BCUT2D eigenvalue weighted by Gasteiger charge is 2.15. The molecule has 1 aliphatic rings. The molecule has 1 saturated heterocycles. The zero-order chi connectivity index (χ0) is 16.2. The van der Waals surface area contributed by atoms with E-state index in [1.54, 1.807) is 11.3 Å². The van der Waals surface area contributed by atoms with Gasteiger partial charge in [0.15, 0.2) is 0 Å². The smallest absolute Gasteiger partial charge is 0.0390 e. The van der Waals surface area contributed by atoms with Crippen LogP contribution in [0.3, 0.4) is 0 Å². The Labute approximate surface area is 143 Å². The fourth-order valence-corrected chi connectivity index (χ4v) is 3.87. The molecule has 0 bridgehead atoms. The van der Waals surface area contributed by atoms with Crippen molar-refractivity contribution in [1.29, 1.82) is 0 Å². The average molecular weight is 330 g/mol. The molecule has 1 atom stereocenters. The molecule has 0 saturated carbocycles. The van der Waals surface area contributed by atoms with Gasteiger partial charge in [-0.25, -0.2) is 0 Å². The largest absolute Gasteiger partial charge is 0.382 e. The number of hydrogen-bond acceptors (Lipinski definition) is 4. The number of likely N-dealkylation sites (N-methyl/N-ethyl adjacent to an activating group) is 1. The summed E-state index contributed by atoms with van der Waals surface area (Å²) in [6.07, 6.45) is 1.07. The van der Waals surface area contributed by atoms with E-state index in [1.165, 1.54) is 22.5 Å². The molecule has 1 aromatic heterocycles. The molecular formula is C19H27N3S. The van der Waals surface area contributed by atoms with Crippen LogP contribution in [0, 0.1) is 6.92 Å². The number of rotatable bonds is 5. The number of piperazine rings is 1. The molecule has 1 N–H and O–H groups in total. The monoisotopic (exact) mass is 329 g/mol. The van der Waals surface area contributed by atoms with Crippen molar-refractivity contribution < 1.29 is 0 Å². The molecule has 0 spiro atoms. The Morgan fingerprint density at radius 2 is 1.96 bits per heavy atom. The van der Waals surface area contributed by atoms with E-state index >= 15 is 0 Å². The lowest BCUT2D eigenvalue weighted by Crippen LogP contribution is -2.44. The number of anilines is 2. The third kappa shape index (κ3) is 4.49. The van der Waals surface area contributed by atoms with Crippen LogP contribution >= 0.6 is 11.3 Å². The SMILES string of the molecule is Cc1cc(NC(C)Cc2ccsc2)cc(N2CCN(C)CC2)c1. The molecule has 23 heavy (non-hydrogen) atoms. The Morgan fingerprint density at radius 1 is 1.17 bits per heavy atom. The van der Waals surface area contributed by atoms with Crippen LogP contribution in [0.4, 0.5) is 11.4 Å². The van der Waals surface area contributed by atoms with Crippen LogP contribution in [0.25, 0.3) is 0 Å². The molecule has 1 aromatic carbocycles. The molecule has 4 heteroatoms. The normalized spacial score (nSPS) is 17.3. The molecule has 1 aliphatic heterocycles. The van der Waals surface area contributed by atoms with Gasteiger partial charge in [-0.15, -0.1) is 0 Å². The van der Waals surface area contributed by atoms with Crippen molar-refractivity contribution in [2.45, 2.75) is 26.3 Å². The predicted octanol–water partition coefficient (Wildman–Crippen LogP) is 3.85. The van der Waals surface area contributed by atoms with Crippen LogP contribution in [0.5, 0.6) is 0 Å². The standard InChI is InChI=1S/C19H27N3S/c1-15-10-18(20-16(2)12-17-4-9-23-14-17)13-19(11-15)22-7-5-21(3)6-8-22/h4,9-11,13-14,16,20H,5-8,12H2,1-3H3. The summed E-state index contributed by atoms with van der Waals surface area (Å²) in [4.78, 5) is 4.90. The number of aryl methyl sites for hydroxylation is 1. The summed E-state index contributed by atoms with van der Waals surface area (Å²) in [7, 11) is 2.20. The molecule has 3 nitrogen and oxygen atoms in total. The van der Waals surface area contributed by atoms with Crippen molar-refractivity contribution >= 4 is 22.7 Å². The van der Waals surface area contributed by atoms with Gasteiger partial charge in [0.2, 0.25) is 0 Å². The number of hydrogen-bond donors (Lipinski definition) is 1. The van der Waals surface area contributed by atoms with Gasteiger partial charge in [0.25, 0.3) is 0 Å². The second kappa shape index (κ2) is 7.37. The lowest BCUT2D eigenvalue weighted by Gasteiger charge is -2.34. The number of benzene rings is 1. The number of nitrogens with zero attached hydrogens (tertiary/aromatic N) is 2. The Kier molecular flexibility index (Phi) is 5.23. The van der Waals surface area contributed by atoms with Crippen LogP contribution in [-0.2, 0) is 6.42 Å². The minimum Gasteiger partial charge on any atom is -0.382 e. The first-order valence-electron chi connectivity index (χ1n) is 8.43. The fourth-order valence-electron chi connectivity index (χ4n) is 3.19. The quantitative estimate of drug-likeness (QED) is 0.899. The van der Waals surface area contributed by atoms with E-state index < -0.39 is 0 Å². The maximum Gasteiger partial charge on any atom is 0.0390 e. The van der Waals surface area contributed by atoms with E-state index in [0.717, 1.165) is 32.6 Å². The van der Waals surface area contributed by atoms with E-state index in [4.69, 9.17) is 0 Å². The first-order valence-corrected chi connectivity index (χ1v) is 9.37.